The summed E-state index contributed by atoms with van der Waals surface area (Å²) in [5.74, 6) is 0.888. The normalized spacial score (nSPS) is 10.2. The standard InChI is InChI=1S/C15H15NO5/c1-10-13(17)4-3-5-14(10)21-9-11-6-7-15(20-2)12(8-11)16(18)19/h3-8,17H,9H2,1-2H3. The Kier molecular flexibility index (Phi) is 4.27. The zero-order valence-electron chi connectivity index (χ0n) is 11.7. The lowest BCUT2D eigenvalue weighted by Crippen LogP contribution is -2.00. The van der Waals surface area contributed by atoms with Gasteiger partial charge in [-0.05, 0) is 30.7 Å². The van der Waals surface area contributed by atoms with Crippen LogP contribution < -0.4 is 9.47 Å². The third-order valence-electron chi connectivity index (χ3n) is 3.09. The predicted molar refractivity (Wildman–Crippen MR) is 76.8 cm³/mol. The molecule has 2 rings (SSSR count). The molecule has 0 radical (unpaired) electrons. The molecule has 21 heavy (non-hydrogen) atoms. The summed E-state index contributed by atoms with van der Waals surface area (Å²) in [4.78, 5) is 10.5. The number of rotatable bonds is 5. The molecule has 0 amide bonds. The quantitative estimate of drug-likeness (QED) is 0.675. The van der Waals surface area contributed by atoms with Gasteiger partial charge in [0.15, 0.2) is 5.75 Å². The smallest absolute Gasteiger partial charge is 0.311 e. The Morgan fingerprint density at radius 3 is 2.67 bits per heavy atom. The van der Waals surface area contributed by atoms with Gasteiger partial charge >= 0.3 is 5.69 Å². The van der Waals surface area contributed by atoms with Crippen LogP contribution in [-0.4, -0.2) is 17.1 Å². The molecule has 2 aromatic rings. The summed E-state index contributed by atoms with van der Waals surface area (Å²) in [5, 5.41) is 20.6. The molecule has 0 saturated carbocycles. The summed E-state index contributed by atoms with van der Waals surface area (Å²) < 4.78 is 10.5. The Hall–Kier alpha value is -2.76. The molecule has 0 bridgehead atoms. The number of aromatic hydroxyl groups is 1. The molecule has 110 valence electrons. The maximum Gasteiger partial charge on any atom is 0.311 e. The lowest BCUT2D eigenvalue weighted by Gasteiger charge is -2.10. The van der Waals surface area contributed by atoms with Gasteiger partial charge < -0.3 is 14.6 Å². The molecule has 0 atom stereocenters. The summed E-state index contributed by atoms with van der Waals surface area (Å²) in [6.45, 7) is 1.90. The van der Waals surface area contributed by atoms with Gasteiger partial charge in [0.25, 0.3) is 0 Å². The van der Waals surface area contributed by atoms with E-state index in [9.17, 15) is 15.2 Å². The number of nitro benzene ring substituents is 1. The molecule has 0 fully saturated rings. The summed E-state index contributed by atoms with van der Waals surface area (Å²) in [7, 11) is 1.38. The van der Waals surface area contributed by atoms with Crippen LogP contribution >= 0.6 is 0 Å². The number of methoxy groups -OCH3 is 1. The first-order valence-electron chi connectivity index (χ1n) is 6.25. The molecule has 1 N–H and O–H groups in total. The maximum atomic E-state index is 11.0. The molecule has 0 heterocycles. The number of nitrogens with zero attached hydrogens (tertiary/aromatic N) is 1. The molecule has 6 nitrogen and oxygen atoms in total. The minimum atomic E-state index is -0.498. The largest absolute Gasteiger partial charge is 0.508 e. The predicted octanol–water partition coefficient (Wildman–Crippen LogP) is 3.20. The lowest BCUT2D eigenvalue weighted by atomic mass is 10.2. The number of phenols is 1. The van der Waals surface area contributed by atoms with Crippen LogP contribution in [0.15, 0.2) is 36.4 Å². The van der Waals surface area contributed by atoms with Crippen LogP contribution in [0.4, 0.5) is 5.69 Å². The molecule has 0 aliphatic heterocycles. The van der Waals surface area contributed by atoms with Crippen LogP contribution in [-0.2, 0) is 6.61 Å². The number of benzene rings is 2. The van der Waals surface area contributed by atoms with Gasteiger partial charge in [-0.2, -0.15) is 0 Å². The number of phenolic OH excluding ortho intramolecular Hbond substituents is 1. The summed E-state index contributed by atoms with van der Waals surface area (Å²) in [6.07, 6.45) is 0. The van der Waals surface area contributed by atoms with E-state index in [0.29, 0.717) is 16.9 Å². The summed E-state index contributed by atoms with van der Waals surface area (Å²) in [6, 6.07) is 9.62. The van der Waals surface area contributed by atoms with E-state index in [0.717, 1.165) is 0 Å². The molecule has 6 heteroatoms. The van der Waals surface area contributed by atoms with Crippen molar-refractivity contribution >= 4 is 5.69 Å². The lowest BCUT2D eigenvalue weighted by molar-refractivity contribution is -0.385. The van der Waals surface area contributed by atoms with Crippen LogP contribution in [0.5, 0.6) is 17.2 Å². The SMILES string of the molecule is COc1ccc(COc2cccc(O)c2C)cc1[N+](=O)[O-]. The molecule has 0 spiro atoms. The van der Waals surface area contributed by atoms with Gasteiger partial charge in [-0.25, -0.2) is 0 Å². The first-order chi connectivity index (χ1) is 10.0. The molecule has 2 aromatic carbocycles. The Bertz CT molecular complexity index is 669. The van der Waals surface area contributed by atoms with Gasteiger partial charge in [0.1, 0.15) is 18.1 Å². The third-order valence-corrected chi connectivity index (χ3v) is 3.09. The zero-order chi connectivity index (χ0) is 15.4. The minimum absolute atomic E-state index is 0.105. The molecule has 0 aliphatic carbocycles. The highest BCUT2D eigenvalue weighted by Crippen LogP contribution is 2.29. The fourth-order valence-electron chi connectivity index (χ4n) is 1.89. The zero-order valence-corrected chi connectivity index (χ0v) is 11.7. The monoisotopic (exact) mass is 289 g/mol. The van der Waals surface area contributed by atoms with Crippen molar-refractivity contribution in [2.75, 3.05) is 7.11 Å². The van der Waals surface area contributed by atoms with Gasteiger partial charge in [-0.3, -0.25) is 10.1 Å². The van der Waals surface area contributed by atoms with Crippen molar-refractivity contribution in [1.29, 1.82) is 0 Å². The van der Waals surface area contributed by atoms with Crippen LogP contribution in [0, 0.1) is 17.0 Å². The maximum absolute atomic E-state index is 11.0. The van der Waals surface area contributed by atoms with Crippen LogP contribution in [0.1, 0.15) is 11.1 Å². The number of hydrogen-bond donors (Lipinski definition) is 1. The van der Waals surface area contributed by atoms with E-state index in [-0.39, 0.29) is 23.8 Å². The Balaban J connectivity index is 2.19. The van der Waals surface area contributed by atoms with E-state index in [2.05, 4.69) is 0 Å². The van der Waals surface area contributed by atoms with Gasteiger partial charge in [-0.15, -0.1) is 0 Å². The molecule has 0 saturated heterocycles. The first kappa shape index (κ1) is 14.6. The van der Waals surface area contributed by atoms with Crippen molar-refractivity contribution in [2.45, 2.75) is 13.5 Å². The van der Waals surface area contributed by atoms with E-state index in [4.69, 9.17) is 9.47 Å². The van der Waals surface area contributed by atoms with E-state index in [1.165, 1.54) is 19.2 Å². The van der Waals surface area contributed by atoms with Crippen molar-refractivity contribution in [3.63, 3.8) is 0 Å². The number of nitro groups is 1. The summed E-state index contributed by atoms with van der Waals surface area (Å²) >= 11 is 0. The van der Waals surface area contributed by atoms with E-state index >= 15 is 0 Å². The fraction of sp³-hybridized carbons (Fsp3) is 0.200. The van der Waals surface area contributed by atoms with Gasteiger partial charge in [0.2, 0.25) is 0 Å². The van der Waals surface area contributed by atoms with Crippen molar-refractivity contribution in [3.05, 3.63) is 57.6 Å². The molecular formula is C15H15NO5. The molecule has 0 aromatic heterocycles. The second-order valence-electron chi connectivity index (χ2n) is 4.45. The van der Waals surface area contributed by atoms with Crippen molar-refractivity contribution in [2.24, 2.45) is 0 Å². The number of ether oxygens (including phenoxy) is 2. The van der Waals surface area contributed by atoms with Gasteiger partial charge in [0.05, 0.1) is 12.0 Å². The topological polar surface area (TPSA) is 81.8 Å². The highest BCUT2D eigenvalue weighted by atomic mass is 16.6. The Morgan fingerprint density at radius 1 is 1.24 bits per heavy atom. The Morgan fingerprint density at radius 2 is 2.00 bits per heavy atom. The highest BCUT2D eigenvalue weighted by Gasteiger charge is 2.15. The molecular weight excluding hydrogens is 274 g/mol. The molecule has 0 aliphatic rings. The van der Waals surface area contributed by atoms with Gasteiger partial charge in [0, 0.05) is 11.6 Å². The highest BCUT2D eigenvalue weighted by molar-refractivity contribution is 5.49. The van der Waals surface area contributed by atoms with E-state index < -0.39 is 4.92 Å². The first-order valence-corrected chi connectivity index (χ1v) is 6.25. The second kappa shape index (κ2) is 6.13. The Labute approximate surface area is 121 Å². The van der Waals surface area contributed by atoms with Crippen molar-refractivity contribution < 1.29 is 19.5 Å². The van der Waals surface area contributed by atoms with Gasteiger partial charge in [-0.1, -0.05) is 12.1 Å². The fourth-order valence-corrected chi connectivity index (χ4v) is 1.89. The van der Waals surface area contributed by atoms with Crippen molar-refractivity contribution in [3.8, 4) is 17.2 Å². The van der Waals surface area contributed by atoms with Crippen molar-refractivity contribution in [1.82, 2.24) is 0 Å². The number of hydrogen-bond acceptors (Lipinski definition) is 5. The second-order valence-corrected chi connectivity index (χ2v) is 4.45. The van der Waals surface area contributed by atoms with E-state index in [1.54, 1.807) is 31.2 Å². The molecule has 0 unspecified atom stereocenters. The van der Waals surface area contributed by atoms with E-state index in [1.807, 2.05) is 0 Å². The van der Waals surface area contributed by atoms with Crippen LogP contribution in [0.25, 0.3) is 0 Å². The minimum Gasteiger partial charge on any atom is -0.508 e. The third kappa shape index (κ3) is 3.22. The van der Waals surface area contributed by atoms with Crippen LogP contribution in [0.3, 0.4) is 0 Å². The summed E-state index contributed by atoms with van der Waals surface area (Å²) in [5.41, 5.74) is 1.16. The average Bonchev–Trinajstić information content (AvgIpc) is 2.48. The average molecular weight is 289 g/mol. The van der Waals surface area contributed by atoms with Crippen LogP contribution in [0.2, 0.25) is 0 Å².